The highest BCUT2D eigenvalue weighted by molar-refractivity contribution is 6.00. The van der Waals surface area contributed by atoms with Crippen LogP contribution in [0.25, 0.3) is 11.0 Å². The normalized spacial score (nSPS) is 13.3. The lowest BCUT2D eigenvalue weighted by molar-refractivity contribution is -0.137. The number of nitrogens with one attached hydrogen (secondary N) is 1. The van der Waals surface area contributed by atoms with Gasteiger partial charge in [-0.05, 0) is 35.9 Å². The smallest absolute Gasteiger partial charge is 0.305 e. The minimum Gasteiger partial charge on any atom is -0.481 e. The van der Waals surface area contributed by atoms with E-state index in [-0.39, 0.29) is 12.3 Å². The van der Waals surface area contributed by atoms with Crippen LogP contribution in [0.15, 0.2) is 103 Å². The molecule has 0 bridgehead atoms. The van der Waals surface area contributed by atoms with Crippen LogP contribution < -0.4 is 10.1 Å². The van der Waals surface area contributed by atoms with Crippen LogP contribution in [0.4, 0.5) is 5.69 Å². The number of fused-ring (bicyclic) bond motifs is 3. The number of rotatable bonds is 6. The Bertz CT molecular complexity index is 1580. The van der Waals surface area contributed by atoms with Crippen molar-refractivity contribution in [2.45, 2.75) is 18.4 Å². The van der Waals surface area contributed by atoms with Gasteiger partial charge in [0.25, 0.3) is 0 Å². The van der Waals surface area contributed by atoms with E-state index in [0.29, 0.717) is 22.7 Å². The topological polar surface area (TPSA) is 93.5 Å². The van der Waals surface area contributed by atoms with Gasteiger partial charge in [-0.3, -0.25) is 9.59 Å². The second-order valence-electron chi connectivity index (χ2n) is 8.98. The zero-order valence-electron chi connectivity index (χ0n) is 19.7. The van der Waals surface area contributed by atoms with Gasteiger partial charge in [-0.25, -0.2) is 4.98 Å². The molecule has 1 aromatic heterocycles. The number of para-hydroxylation sites is 2. The van der Waals surface area contributed by atoms with Gasteiger partial charge in [-0.15, -0.1) is 0 Å². The molecule has 0 aliphatic carbocycles. The molecule has 37 heavy (non-hydrogen) atoms. The van der Waals surface area contributed by atoms with Crippen molar-refractivity contribution in [2.75, 3.05) is 5.32 Å². The standard InChI is InChI=1S/C30H23N3O4/c34-28(35)17-25(19-8-2-1-3-9-19)33-18-31-23-16-20(14-15-24(23)33)32-30(36)29-21-10-4-6-12-26(21)37-27-13-7-5-11-22(27)29/h1-16,18,25,29H,17H2,(H,32,36)(H,34,35). The molecule has 0 saturated carbocycles. The summed E-state index contributed by atoms with van der Waals surface area (Å²) in [4.78, 5) is 29.7. The molecule has 1 aliphatic heterocycles. The molecule has 2 heterocycles. The Labute approximate surface area is 213 Å². The summed E-state index contributed by atoms with van der Waals surface area (Å²) in [5.41, 5.74) is 4.57. The highest BCUT2D eigenvalue weighted by atomic mass is 16.5. The van der Waals surface area contributed by atoms with E-state index in [1.54, 1.807) is 6.33 Å². The van der Waals surface area contributed by atoms with Crippen molar-refractivity contribution >= 4 is 28.6 Å². The number of anilines is 1. The fourth-order valence-corrected chi connectivity index (χ4v) is 4.98. The minimum atomic E-state index is -0.892. The first kappa shape index (κ1) is 22.5. The molecule has 0 spiro atoms. The maximum atomic E-state index is 13.6. The van der Waals surface area contributed by atoms with Crippen molar-refractivity contribution in [2.24, 2.45) is 0 Å². The van der Waals surface area contributed by atoms with Crippen LogP contribution in [0.2, 0.25) is 0 Å². The monoisotopic (exact) mass is 489 g/mol. The highest BCUT2D eigenvalue weighted by Crippen LogP contribution is 2.44. The summed E-state index contributed by atoms with van der Waals surface area (Å²) in [5.74, 6) is -0.249. The van der Waals surface area contributed by atoms with Gasteiger partial charge >= 0.3 is 5.97 Å². The Kier molecular flexibility index (Phi) is 5.65. The molecule has 5 aromatic rings. The van der Waals surface area contributed by atoms with Crippen molar-refractivity contribution in [3.05, 3.63) is 120 Å². The molecule has 0 saturated heterocycles. The minimum absolute atomic E-state index is 0.0729. The first-order chi connectivity index (χ1) is 18.1. The van der Waals surface area contributed by atoms with Gasteiger partial charge in [0.1, 0.15) is 11.5 Å². The summed E-state index contributed by atoms with van der Waals surface area (Å²) >= 11 is 0. The van der Waals surface area contributed by atoms with Crippen molar-refractivity contribution in [3.8, 4) is 11.5 Å². The number of amides is 1. The van der Waals surface area contributed by atoms with Gasteiger partial charge < -0.3 is 19.7 Å². The Balaban J connectivity index is 1.32. The molecule has 0 radical (unpaired) electrons. The molecule has 1 unspecified atom stereocenters. The van der Waals surface area contributed by atoms with E-state index >= 15 is 0 Å². The number of benzene rings is 4. The van der Waals surface area contributed by atoms with Crippen LogP contribution in [0.1, 0.15) is 35.1 Å². The van der Waals surface area contributed by atoms with E-state index in [9.17, 15) is 14.7 Å². The molecular weight excluding hydrogens is 466 g/mol. The molecule has 4 aromatic carbocycles. The first-order valence-corrected chi connectivity index (χ1v) is 12.0. The maximum Gasteiger partial charge on any atom is 0.305 e. The Morgan fingerprint density at radius 3 is 2.22 bits per heavy atom. The van der Waals surface area contributed by atoms with Gasteiger partial charge in [0.05, 0.1) is 35.7 Å². The van der Waals surface area contributed by atoms with E-state index in [0.717, 1.165) is 22.2 Å². The Morgan fingerprint density at radius 1 is 0.892 bits per heavy atom. The number of carboxylic acids is 1. The fourth-order valence-electron chi connectivity index (χ4n) is 4.98. The number of hydrogen-bond acceptors (Lipinski definition) is 4. The van der Waals surface area contributed by atoms with Crippen LogP contribution in [0, 0.1) is 0 Å². The van der Waals surface area contributed by atoms with Crippen LogP contribution in [-0.2, 0) is 9.59 Å². The number of carboxylic acid groups (broad SMARTS) is 1. The van der Waals surface area contributed by atoms with E-state index < -0.39 is 17.9 Å². The van der Waals surface area contributed by atoms with E-state index in [4.69, 9.17) is 4.74 Å². The molecule has 7 nitrogen and oxygen atoms in total. The van der Waals surface area contributed by atoms with Crippen LogP contribution >= 0.6 is 0 Å². The van der Waals surface area contributed by atoms with Gasteiger partial charge in [0, 0.05) is 16.8 Å². The van der Waals surface area contributed by atoms with Crippen molar-refractivity contribution in [3.63, 3.8) is 0 Å². The number of ether oxygens (including phenoxy) is 1. The number of carbonyl (C=O) groups is 2. The van der Waals surface area contributed by atoms with Crippen LogP contribution in [0.3, 0.4) is 0 Å². The molecule has 182 valence electrons. The van der Waals surface area contributed by atoms with Crippen LogP contribution in [-0.4, -0.2) is 26.5 Å². The summed E-state index contributed by atoms with van der Waals surface area (Å²) < 4.78 is 7.89. The Hall–Kier alpha value is -4.91. The summed E-state index contributed by atoms with van der Waals surface area (Å²) in [6, 6.07) is 29.7. The number of hydrogen-bond donors (Lipinski definition) is 2. The molecule has 7 heteroatoms. The maximum absolute atomic E-state index is 13.6. The zero-order chi connectivity index (χ0) is 25.4. The van der Waals surface area contributed by atoms with Crippen molar-refractivity contribution in [1.29, 1.82) is 0 Å². The van der Waals surface area contributed by atoms with E-state index in [2.05, 4.69) is 10.3 Å². The summed E-state index contributed by atoms with van der Waals surface area (Å²) in [6.45, 7) is 0. The quantitative estimate of drug-likeness (QED) is 0.306. The van der Waals surface area contributed by atoms with Gasteiger partial charge in [0.15, 0.2) is 0 Å². The fraction of sp³-hybridized carbons (Fsp3) is 0.100. The first-order valence-electron chi connectivity index (χ1n) is 12.0. The number of aliphatic carboxylic acids is 1. The Morgan fingerprint density at radius 2 is 1.54 bits per heavy atom. The number of imidazole rings is 1. The summed E-state index contributed by atoms with van der Waals surface area (Å²) in [6.07, 6.45) is 1.58. The third kappa shape index (κ3) is 4.21. The largest absolute Gasteiger partial charge is 0.481 e. The molecule has 1 amide bonds. The van der Waals surface area contributed by atoms with E-state index in [1.165, 1.54) is 0 Å². The number of aromatic nitrogens is 2. The van der Waals surface area contributed by atoms with Crippen molar-refractivity contribution in [1.82, 2.24) is 9.55 Å². The lowest BCUT2D eigenvalue weighted by Crippen LogP contribution is -2.25. The number of nitrogens with zero attached hydrogens (tertiary/aromatic N) is 2. The predicted molar refractivity (Wildman–Crippen MR) is 140 cm³/mol. The molecular formula is C30H23N3O4. The molecule has 1 aliphatic rings. The number of carbonyl (C=O) groups excluding carboxylic acids is 1. The second-order valence-corrected chi connectivity index (χ2v) is 8.98. The predicted octanol–water partition coefficient (Wildman–Crippen LogP) is 5.98. The average Bonchev–Trinajstić information content (AvgIpc) is 3.33. The van der Waals surface area contributed by atoms with Gasteiger partial charge in [-0.2, -0.15) is 0 Å². The third-order valence-electron chi connectivity index (χ3n) is 6.67. The molecule has 6 rings (SSSR count). The lowest BCUT2D eigenvalue weighted by atomic mass is 9.87. The SMILES string of the molecule is O=C(O)CC(c1ccccc1)n1cnc2cc(NC(=O)C3c4ccccc4Oc4ccccc43)ccc21. The van der Waals surface area contributed by atoms with Gasteiger partial charge in [-0.1, -0.05) is 66.7 Å². The van der Waals surface area contributed by atoms with E-state index in [1.807, 2.05) is 102 Å². The molecule has 1 atom stereocenters. The summed E-state index contributed by atoms with van der Waals surface area (Å²) in [7, 11) is 0. The average molecular weight is 490 g/mol. The zero-order valence-corrected chi connectivity index (χ0v) is 19.7. The molecule has 0 fully saturated rings. The highest BCUT2D eigenvalue weighted by Gasteiger charge is 2.32. The van der Waals surface area contributed by atoms with Crippen molar-refractivity contribution < 1.29 is 19.4 Å². The third-order valence-corrected chi connectivity index (χ3v) is 6.67. The summed E-state index contributed by atoms with van der Waals surface area (Å²) in [5, 5.41) is 12.6. The van der Waals surface area contributed by atoms with Crippen LogP contribution in [0.5, 0.6) is 11.5 Å². The second kappa shape index (κ2) is 9.28. The lowest BCUT2D eigenvalue weighted by Gasteiger charge is -2.27. The van der Waals surface area contributed by atoms with Gasteiger partial charge in [0.2, 0.25) is 5.91 Å². The molecule has 2 N–H and O–H groups in total.